The molecule has 0 aliphatic heterocycles. The van der Waals surface area contributed by atoms with E-state index >= 15 is 0 Å². The molecule has 0 radical (unpaired) electrons. The highest BCUT2D eigenvalue weighted by molar-refractivity contribution is 5.97. The van der Waals surface area contributed by atoms with Crippen molar-refractivity contribution in [3.05, 3.63) is 35.0 Å². The van der Waals surface area contributed by atoms with Gasteiger partial charge in [0, 0.05) is 22.6 Å². The summed E-state index contributed by atoms with van der Waals surface area (Å²) >= 11 is 0. The van der Waals surface area contributed by atoms with Gasteiger partial charge in [0.15, 0.2) is 6.61 Å². The van der Waals surface area contributed by atoms with E-state index in [9.17, 15) is 9.59 Å². The lowest BCUT2D eigenvalue weighted by molar-refractivity contribution is -0.125. The minimum Gasteiger partial charge on any atom is -0.452 e. The molecule has 1 aromatic heterocycles. The fourth-order valence-corrected chi connectivity index (χ4v) is 3.51. The molecule has 2 N–H and O–H groups in total. The van der Waals surface area contributed by atoms with Gasteiger partial charge in [0.2, 0.25) is 0 Å². The van der Waals surface area contributed by atoms with Crippen LogP contribution in [0.4, 0.5) is 0 Å². The molecule has 0 spiro atoms. The molecule has 0 saturated heterocycles. The van der Waals surface area contributed by atoms with Gasteiger partial charge in [-0.25, -0.2) is 4.79 Å². The van der Waals surface area contributed by atoms with Gasteiger partial charge in [0.25, 0.3) is 5.91 Å². The number of ether oxygens (including phenoxy) is 1. The predicted octanol–water partition coefficient (Wildman–Crippen LogP) is 3.51. The van der Waals surface area contributed by atoms with Crippen molar-refractivity contribution >= 4 is 22.8 Å². The van der Waals surface area contributed by atoms with Gasteiger partial charge < -0.3 is 15.0 Å². The first kappa shape index (κ1) is 17.5. The highest BCUT2D eigenvalue weighted by Crippen LogP contribution is 2.29. The fourth-order valence-electron chi connectivity index (χ4n) is 3.51. The minimum atomic E-state index is -0.452. The molecular weight excluding hydrogens is 316 g/mol. The van der Waals surface area contributed by atoms with Gasteiger partial charge in [-0.2, -0.15) is 0 Å². The highest BCUT2D eigenvalue weighted by Gasteiger charge is 2.18. The zero-order valence-electron chi connectivity index (χ0n) is 15.0. The number of rotatable bonds is 6. The van der Waals surface area contributed by atoms with Crippen LogP contribution in [0.1, 0.15) is 61.1 Å². The molecule has 0 fully saturated rings. The summed E-state index contributed by atoms with van der Waals surface area (Å²) in [5.41, 5.74) is 4.17. The second-order valence-corrected chi connectivity index (χ2v) is 6.71. The zero-order chi connectivity index (χ0) is 17.8. The summed E-state index contributed by atoms with van der Waals surface area (Å²) in [5.74, 6) is -0.700. The number of H-pyrrole nitrogens is 1. The van der Waals surface area contributed by atoms with Crippen molar-refractivity contribution in [1.82, 2.24) is 10.3 Å². The van der Waals surface area contributed by atoms with Crippen molar-refractivity contribution in [1.29, 1.82) is 0 Å². The molecule has 1 aliphatic carbocycles. The van der Waals surface area contributed by atoms with Gasteiger partial charge in [0.1, 0.15) is 0 Å². The Labute approximate surface area is 148 Å². The Morgan fingerprint density at radius 3 is 2.72 bits per heavy atom. The lowest BCUT2D eigenvalue weighted by Gasteiger charge is -2.14. The summed E-state index contributed by atoms with van der Waals surface area (Å²) in [6.45, 7) is 3.80. The van der Waals surface area contributed by atoms with Crippen LogP contribution < -0.4 is 5.32 Å². The number of nitrogens with one attached hydrogen (secondary N) is 2. The summed E-state index contributed by atoms with van der Waals surface area (Å²) in [4.78, 5) is 27.6. The van der Waals surface area contributed by atoms with Crippen molar-refractivity contribution in [3.63, 3.8) is 0 Å². The van der Waals surface area contributed by atoms with E-state index in [-0.39, 0.29) is 18.6 Å². The van der Waals surface area contributed by atoms with Crippen LogP contribution in [0, 0.1) is 0 Å². The molecule has 0 atom stereocenters. The van der Waals surface area contributed by atoms with Gasteiger partial charge >= 0.3 is 5.97 Å². The normalized spacial score (nSPS) is 13.7. The SMILES string of the molecule is CCC(CC)NC(=O)COC(=O)c1ccc2[nH]c3c(c2c1)CCCC3. The number of aromatic amines is 1. The number of amides is 1. The van der Waals surface area contributed by atoms with Gasteiger partial charge in [-0.05, 0) is 62.3 Å². The molecular formula is C20H26N2O3. The van der Waals surface area contributed by atoms with Gasteiger partial charge in [0.05, 0.1) is 5.56 Å². The standard InChI is InChI=1S/C20H26N2O3/c1-3-14(4-2)21-19(23)12-25-20(24)13-9-10-18-16(11-13)15-7-5-6-8-17(15)22-18/h9-11,14,22H,3-8,12H2,1-2H3,(H,21,23). The van der Waals surface area contributed by atoms with E-state index < -0.39 is 5.97 Å². The lowest BCUT2D eigenvalue weighted by atomic mass is 9.95. The van der Waals surface area contributed by atoms with Gasteiger partial charge in [-0.1, -0.05) is 13.8 Å². The molecule has 0 saturated carbocycles. The minimum absolute atomic E-state index is 0.133. The number of carbonyl (C=O) groups is 2. The largest absolute Gasteiger partial charge is 0.452 e. The van der Waals surface area contributed by atoms with E-state index in [1.165, 1.54) is 24.1 Å². The van der Waals surface area contributed by atoms with Crippen molar-refractivity contribution in [2.45, 2.75) is 58.4 Å². The maximum atomic E-state index is 12.3. The number of fused-ring (bicyclic) bond motifs is 3. The maximum Gasteiger partial charge on any atom is 0.338 e. The van der Waals surface area contributed by atoms with E-state index in [4.69, 9.17) is 4.74 Å². The Kier molecular flexibility index (Phi) is 5.41. The van der Waals surface area contributed by atoms with Crippen LogP contribution >= 0.6 is 0 Å². The second-order valence-electron chi connectivity index (χ2n) is 6.71. The number of aromatic nitrogens is 1. The van der Waals surface area contributed by atoms with E-state index in [2.05, 4.69) is 10.3 Å². The summed E-state index contributed by atoms with van der Waals surface area (Å²) < 4.78 is 5.19. The van der Waals surface area contributed by atoms with E-state index in [0.717, 1.165) is 36.6 Å². The first-order chi connectivity index (χ1) is 12.1. The van der Waals surface area contributed by atoms with Crippen LogP contribution in [0.15, 0.2) is 18.2 Å². The Morgan fingerprint density at radius 1 is 1.20 bits per heavy atom. The summed E-state index contributed by atoms with van der Waals surface area (Å²) in [6.07, 6.45) is 6.24. The Morgan fingerprint density at radius 2 is 1.96 bits per heavy atom. The summed E-state index contributed by atoms with van der Waals surface area (Å²) in [5, 5.41) is 3.97. The van der Waals surface area contributed by atoms with Crippen molar-refractivity contribution in [2.75, 3.05) is 6.61 Å². The van der Waals surface area contributed by atoms with Crippen molar-refractivity contribution in [2.24, 2.45) is 0 Å². The molecule has 2 aromatic rings. The summed E-state index contributed by atoms with van der Waals surface area (Å²) in [6, 6.07) is 5.70. The van der Waals surface area contributed by atoms with Crippen LogP contribution in [-0.2, 0) is 22.4 Å². The summed E-state index contributed by atoms with van der Waals surface area (Å²) in [7, 11) is 0. The average molecular weight is 342 g/mol. The van der Waals surface area contributed by atoms with E-state index in [1.807, 2.05) is 26.0 Å². The quantitative estimate of drug-likeness (QED) is 0.789. The topological polar surface area (TPSA) is 71.2 Å². The first-order valence-electron chi connectivity index (χ1n) is 9.22. The molecule has 5 nitrogen and oxygen atoms in total. The van der Waals surface area contributed by atoms with Crippen molar-refractivity contribution < 1.29 is 14.3 Å². The van der Waals surface area contributed by atoms with E-state index in [0.29, 0.717) is 5.56 Å². The molecule has 1 aliphatic rings. The van der Waals surface area contributed by atoms with Crippen LogP contribution in [-0.4, -0.2) is 29.5 Å². The molecule has 0 bridgehead atoms. The molecule has 3 rings (SSSR count). The van der Waals surface area contributed by atoms with E-state index in [1.54, 1.807) is 6.07 Å². The monoisotopic (exact) mass is 342 g/mol. The second kappa shape index (κ2) is 7.72. The lowest BCUT2D eigenvalue weighted by Crippen LogP contribution is -2.36. The molecule has 134 valence electrons. The number of esters is 1. The predicted molar refractivity (Wildman–Crippen MR) is 97.7 cm³/mol. The fraction of sp³-hybridized carbons (Fsp3) is 0.500. The number of hydrogen-bond donors (Lipinski definition) is 2. The smallest absolute Gasteiger partial charge is 0.338 e. The third-order valence-corrected chi connectivity index (χ3v) is 5.02. The molecule has 0 unspecified atom stereocenters. The molecule has 1 aromatic carbocycles. The first-order valence-corrected chi connectivity index (χ1v) is 9.22. The average Bonchev–Trinajstić information content (AvgIpc) is 3.02. The highest BCUT2D eigenvalue weighted by atomic mass is 16.5. The van der Waals surface area contributed by atoms with Crippen molar-refractivity contribution in [3.8, 4) is 0 Å². The number of hydrogen-bond acceptors (Lipinski definition) is 3. The Bertz CT molecular complexity index is 775. The number of carbonyl (C=O) groups excluding carboxylic acids is 2. The Hall–Kier alpha value is -2.30. The van der Waals surface area contributed by atoms with Crippen LogP contribution in [0.3, 0.4) is 0 Å². The number of benzene rings is 1. The molecule has 1 heterocycles. The maximum absolute atomic E-state index is 12.3. The zero-order valence-corrected chi connectivity index (χ0v) is 15.0. The van der Waals surface area contributed by atoms with Crippen LogP contribution in [0.25, 0.3) is 10.9 Å². The molecule has 25 heavy (non-hydrogen) atoms. The third kappa shape index (κ3) is 3.86. The Balaban J connectivity index is 1.67. The van der Waals surface area contributed by atoms with Crippen LogP contribution in [0.2, 0.25) is 0 Å². The van der Waals surface area contributed by atoms with Crippen LogP contribution in [0.5, 0.6) is 0 Å². The molecule has 5 heteroatoms. The molecule has 1 amide bonds. The van der Waals surface area contributed by atoms with Gasteiger partial charge in [-0.3, -0.25) is 4.79 Å². The third-order valence-electron chi connectivity index (χ3n) is 5.02. The van der Waals surface area contributed by atoms with Gasteiger partial charge in [-0.15, -0.1) is 0 Å². The number of aryl methyl sites for hydroxylation is 2.